The Morgan fingerprint density at radius 1 is 0.816 bits per heavy atom. The molecule has 2 aromatic carbocycles. The first-order valence-electron chi connectivity index (χ1n) is 24.9. The third-order valence-corrected chi connectivity index (χ3v) is 13.8. The number of anilines is 1. The van der Waals surface area contributed by atoms with E-state index >= 15 is 8.78 Å². The number of halogens is 5. The molecule has 0 radical (unpaired) electrons. The molecular formula is C53H65F5N10O8. The van der Waals surface area contributed by atoms with Crippen molar-refractivity contribution in [2.24, 2.45) is 10.8 Å². The van der Waals surface area contributed by atoms with Crippen LogP contribution < -0.4 is 26.3 Å². The first-order chi connectivity index (χ1) is 35.9. The number of piperazine rings is 1. The standard InChI is InChI=1S/C53H65F5N10O8/c1-51(2,3)45(61-49(72)74-6)48(71)64-67(28-38-39(54)25-35(26-40(38)55)41-18-19-68(63-41)36-15-16-36)29-43(69)42(60-47(70)46(62-50(73)75-7)52(4,5)53(56,57)58)24-33-11-8-32(9-12-33)10-13-34-14-17-44(59-27-34)66-22-20-65(21-23-66)37-30-76-31-37/h8-9,11-12,14,17-19,25-27,36-37,42-43,45-46,69H,15-16,20-24,28-31H2,1-7H3,(H,60,70)(H,61,72)(H,62,73)(H,64,71)/t42-,43-,45+,46?/m0/s1. The first kappa shape index (κ1) is 56.8. The van der Waals surface area contributed by atoms with E-state index in [1.165, 1.54) is 0 Å². The lowest BCUT2D eigenvalue weighted by atomic mass is 9.82. The highest BCUT2D eigenvalue weighted by molar-refractivity contribution is 5.87. The molecular weight excluding hydrogens is 1000 g/mol. The Kier molecular flexibility index (Phi) is 17.9. The summed E-state index contributed by atoms with van der Waals surface area (Å²) in [7, 11) is 1.99. The number of alkyl halides is 3. The van der Waals surface area contributed by atoms with E-state index in [0.717, 1.165) is 89.4 Å². The minimum atomic E-state index is -5.05. The van der Waals surface area contributed by atoms with E-state index in [9.17, 15) is 37.5 Å². The van der Waals surface area contributed by atoms with E-state index < -0.39 is 95.5 Å². The number of rotatable bonds is 18. The van der Waals surface area contributed by atoms with Crippen molar-refractivity contribution in [2.75, 3.05) is 65.1 Å². The highest BCUT2D eigenvalue weighted by Gasteiger charge is 2.56. The average molecular weight is 1070 g/mol. The summed E-state index contributed by atoms with van der Waals surface area (Å²) in [6.07, 6.45) is -4.23. The molecule has 4 aromatic rings. The fourth-order valence-corrected chi connectivity index (χ4v) is 8.69. The molecule has 4 atom stereocenters. The van der Waals surface area contributed by atoms with Gasteiger partial charge in [0.2, 0.25) is 5.91 Å². The lowest BCUT2D eigenvalue weighted by Gasteiger charge is -2.42. The number of carbonyl (C=O) groups excluding carboxylic acids is 4. The topological polar surface area (TPSA) is 205 Å². The second-order valence-corrected chi connectivity index (χ2v) is 20.9. The largest absolute Gasteiger partial charge is 0.453 e. The number of aliphatic hydroxyl groups excluding tert-OH is 1. The smallest absolute Gasteiger partial charge is 0.407 e. The van der Waals surface area contributed by atoms with Crippen molar-refractivity contribution in [3.63, 3.8) is 0 Å². The maximum atomic E-state index is 16.2. The fourth-order valence-electron chi connectivity index (χ4n) is 8.69. The predicted molar refractivity (Wildman–Crippen MR) is 269 cm³/mol. The van der Waals surface area contributed by atoms with E-state index in [4.69, 9.17) is 9.47 Å². The van der Waals surface area contributed by atoms with Crippen LogP contribution in [0, 0.1) is 34.3 Å². The molecule has 5 N–H and O–H groups in total. The monoisotopic (exact) mass is 1060 g/mol. The molecule has 2 aromatic heterocycles. The van der Waals surface area contributed by atoms with Crippen molar-refractivity contribution in [3.05, 3.63) is 101 Å². The Balaban J connectivity index is 1.15. The van der Waals surface area contributed by atoms with Crippen LogP contribution in [0.3, 0.4) is 0 Å². The zero-order valence-corrected chi connectivity index (χ0v) is 43.5. The minimum absolute atomic E-state index is 0.131. The summed E-state index contributed by atoms with van der Waals surface area (Å²) in [5.41, 5.74) is 0.206. The van der Waals surface area contributed by atoms with Gasteiger partial charge in [-0.3, -0.25) is 24.6 Å². The average Bonchev–Trinajstić information content (AvgIpc) is 4.10. The van der Waals surface area contributed by atoms with Gasteiger partial charge in [0.15, 0.2) is 0 Å². The van der Waals surface area contributed by atoms with Crippen LogP contribution in [0.1, 0.15) is 75.8 Å². The number of hydrogen-bond acceptors (Lipinski definition) is 13. The molecule has 3 aliphatic rings. The van der Waals surface area contributed by atoms with E-state index in [1.807, 2.05) is 17.4 Å². The summed E-state index contributed by atoms with van der Waals surface area (Å²) in [6, 6.07) is 9.66. The third-order valence-electron chi connectivity index (χ3n) is 13.8. The zero-order valence-electron chi connectivity index (χ0n) is 43.5. The molecule has 76 heavy (non-hydrogen) atoms. The second-order valence-electron chi connectivity index (χ2n) is 20.9. The van der Waals surface area contributed by atoms with E-state index in [2.05, 4.69) is 52.5 Å². The number of nitrogens with one attached hydrogen (secondary N) is 4. The van der Waals surface area contributed by atoms with Gasteiger partial charge < -0.3 is 40.2 Å². The third kappa shape index (κ3) is 14.3. The second kappa shape index (κ2) is 24.0. The Labute approximate surface area is 438 Å². The van der Waals surface area contributed by atoms with Gasteiger partial charge in [0, 0.05) is 73.9 Å². The van der Waals surface area contributed by atoms with Crippen LogP contribution in [0.15, 0.2) is 67.0 Å². The number of benzene rings is 2. The highest BCUT2D eigenvalue weighted by atomic mass is 19.4. The number of aliphatic hydroxyl groups is 1. The number of hydrazine groups is 1. The summed E-state index contributed by atoms with van der Waals surface area (Å²) < 4.78 is 92.4. The Hall–Kier alpha value is -6.87. The number of amides is 4. The van der Waals surface area contributed by atoms with E-state index in [0.29, 0.717) is 42.3 Å². The Morgan fingerprint density at radius 2 is 1.42 bits per heavy atom. The lowest BCUT2D eigenvalue weighted by molar-refractivity contribution is -0.220. The normalized spacial score (nSPS) is 17.1. The molecule has 18 nitrogen and oxygen atoms in total. The molecule has 1 saturated carbocycles. The zero-order chi connectivity index (χ0) is 55.1. The summed E-state index contributed by atoms with van der Waals surface area (Å²) in [5, 5.41) is 24.5. The van der Waals surface area contributed by atoms with Gasteiger partial charge in [0.25, 0.3) is 5.91 Å². The number of methoxy groups -OCH3 is 2. The summed E-state index contributed by atoms with van der Waals surface area (Å²) in [4.78, 5) is 62.4. The minimum Gasteiger partial charge on any atom is -0.453 e. The lowest BCUT2D eigenvalue weighted by Crippen LogP contribution is -2.63. The van der Waals surface area contributed by atoms with Gasteiger partial charge >= 0.3 is 18.4 Å². The predicted octanol–water partition coefficient (Wildman–Crippen LogP) is 5.48. The van der Waals surface area contributed by atoms with Crippen LogP contribution in [0.25, 0.3) is 11.3 Å². The van der Waals surface area contributed by atoms with Crippen LogP contribution in [-0.4, -0.2) is 150 Å². The molecule has 0 bridgehead atoms. The van der Waals surface area contributed by atoms with Gasteiger partial charge in [-0.25, -0.2) is 28.4 Å². The molecule has 7 rings (SSSR count). The van der Waals surface area contributed by atoms with Gasteiger partial charge in [-0.15, -0.1) is 0 Å². The van der Waals surface area contributed by atoms with Crippen LogP contribution in [0.2, 0.25) is 0 Å². The SMILES string of the molecule is COC(=O)NC(C(=O)N[C@@H](Cc1ccc(C#Cc2ccc(N3CCN(C4COC4)CC3)nc2)cc1)[C@@H](O)CN(Cc1c(F)cc(-c2ccn(C3CC3)n2)cc1F)NC(=O)[C@@H](NC(=O)OC)C(C)(C)C)C(C)(C)C(F)(F)F. The molecule has 23 heteroatoms. The number of carbonyl (C=O) groups is 4. The van der Waals surface area contributed by atoms with Crippen molar-refractivity contribution in [1.82, 2.24) is 46.0 Å². The van der Waals surface area contributed by atoms with Crippen molar-refractivity contribution in [3.8, 4) is 23.1 Å². The molecule has 410 valence electrons. The first-order valence-corrected chi connectivity index (χ1v) is 24.9. The van der Waals surface area contributed by atoms with Crippen LogP contribution in [0.4, 0.5) is 37.4 Å². The van der Waals surface area contributed by atoms with Crippen LogP contribution in [0.5, 0.6) is 0 Å². The van der Waals surface area contributed by atoms with Gasteiger partial charge in [-0.1, -0.05) is 44.7 Å². The maximum Gasteiger partial charge on any atom is 0.407 e. The van der Waals surface area contributed by atoms with Gasteiger partial charge in [0.05, 0.1) is 62.8 Å². The number of pyridine rings is 1. The number of nitrogens with zero attached hydrogens (tertiary/aromatic N) is 6. The fraction of sp³-hybridized carbons (Fsp3) is 0.509. The summed E-state index contributed by atoms with van der Waals surface area (Å²) >= 11 is 0. The molecule has 2 saturated heterocycles. The van der Waals surface area contributed by atoms with Crippen LogP contribution in [-0.2, 0) is 36.8 Å². The molecule has 1 unspecified atom stereocenters. The van der Waals surface area contributed by atoms with Gasteiger partial charge in [-0.2, -0.15) is 18.3 Å². The van der Waals surface area contributed by atoms with Crippen molar-refractivity contribution >= 4 is 29.8 Å². The number of alkyl carbamates (subject to hydrolysis) is 2. The van der Waals surface area contributed by atoms with E-state index in [1.54, 1.807) is 68.2 Å². The van der Waals surface area contributed by atoms with Crippen molar-refractivity contribution in [1.29, 1.82) is 0 Å². The van der Waals surface area contributed by atoms with Crippen LogP contribution >= 0.6 is 0 Å². The molecule has 4 amide bonds. The molecule has 3 fully saturated rings. The molecule has 1 aliphatic carbocycles. The number of aromatic nitrogens is 3. The molecule has 2 aliphatic heterocycles. The summed E-state index contributed by atoms with van der Waals surface area (Å²) in [6.45, 7) is 9.86. The van der Waals surface area contributed by atoms with Gasteiger partial charge in [0.1, 0.15) is 29.5 Å². The molecule has 4 heterocycles. The quantitative estimate of drug-likeness (QED) is 0.0477. The van der Waals surface area contributed by atoms with Crippen molar-refractivity contribution < 1.29 is 60.4 Å². The summed E-state index contributed by atoms with van der Waals surface area (Å²) in [5.74, 6) is 2.66. The maximum absolute atomic E-state index is 16.2. The Morgan fingerprint density at radius 3 is 1.96 bits per heavy atom. The van der Waals surface area contributed by atoms with Gasteiger partial charge in [-0.05, 0) is 86.6 Å². The van der Waals surface area contributed by atoms with Crippen molar-refractivity contribution in [2.45, 2.75) is 103 Å². The molecule has 0 spiro atoms. The van der Waals surface area contributed by atoms with E-state index in [-0.39, 0.29) is 18.0 Å². The number of ether oxygens (including phenoxy) is 3. The number of hydrogen-bond donors (Lipinski definition) is 5. The Bertz CT molecular complexity index is 2720. The highest BCUT2D eigenvalue weighted by Crippen LogP contribution is 2.41.